The number of hydrogen-bond acceptors (Lipinski definition) is 7. The number of ether oxygens (including phenoxy) is 2. The number of carbonyl (C=O) groups excluding carboxylic acids is 1. The summed E-state index contributed by atoms with van der Waals surface area (Å²) in [5.74, 6) is -0.476. The number of para-hydroxylation sites is 2. The van der Waals surface area contributed by atoms with Gasteiger partial charge in [0.05, 0.1) is 29.1 Å². The van der Waals surface area contributed by atoms with Gasteiger partial charge in [0, 0.05) is 19.7 Å². The predicted molar refractivity (Wildman–Crippen MR) is 132 cm³/mol. The number of fused-ring (bicyclic) bond motifs is 1. The molecule has 9 nitrogen and oxygen atoms in total. The van der Waals surface area contributed by atoms with Gasteiger partial charge in [0.1, 0.15) is 6.61 Å². The van der Waals surface area contributed by atoms with Crippen LogP contribution in [0.5, 0.6) is 11.5 Å². The SMILES string of the molecule is C[C@H](Cc1cc2c(c(C(N)=O)c1)N(CCCO)CC2)N(CCOc1ccccc1OCC(F)(F)F)N=O. The zero-order valence-corrected chi connectivity index (χ0v) is 20.5. The van der Waals surface area contributed by atoms with Crippen molar-refractivity contribution in [3.8, 4) is 11.5 Å². The Bertz CT molecular complexity index is 1080. The number of hydrogen-bond donors (Lipinski definition) is 2. The minimum absolute atomic E-state index is 0.0149. The Labute approximate surface area is 212 Å². The first-order valence-corrected chi connectivity index (χ1v) is 12.0. The molecule has 1 amide bonds. The Morgan fingerprint density at radius 3 is 2.57 bits per heavy atom. The lowest BCUT2D eigenvalue weighted by Crippen LogP contribution is -2.33. The molecule has 1 aliphatic rings. The number of aliphatic hydroxyl groups is 1. The summed E-state index contributed by atoms with van der Waals surface area (Å²) in [7, 11) is 0. The molecule has 2 aromatic rings. The van der Waals surface area contributed by atoms with E-state index >= 15 is 0 Å². The summed E-state index contributed by atoms with van der Waals surface area (Å²) in [5, 5.41) is 13.5. The number of carbonyl (C=O) groups is 1. The smallest absolute Gasteiger partial charge is 0.422 e. The van der Waals surface area contributed by atoms with E-state index in [1.807, 2.05) is 11.0 Å². The molecule has 3 rings (SSSR count). The number of aliphatic hydroxyl groups excluding tert-OH is 1. The number of nitrogens with zero attached hydrogens (tertiary/aromatic N) is 3. The highest BCUT2D eigenvalue weighted by Gasteiger charge is 2.29. The largest absolute Gasteiger partial charge is 0.488 e. The fourth-order valence-corrected chi connectivity index (χ4v) is 4.37. The molecule has 1 atom stereocenters. The van der Waals surface area contributed by atoms with Gasteiger partial charge in [-0.1, -0.05) is 18.2 Å². The molecule has 0 radical (unpaired) electrons. The van der Waals surface area contributed by atoms with Crippen LogP contribution in [0, 0.1) is 4.91 Å². The summed E-state index contributed by atoms with van der Waals surface area (Å²) < 4.78 is 47.9. The molecule has 0 bridgehead atoms. The van der Waals surface area contributed by atoms with Crippen LogP contribution in [0.15, 0.2) is 41.7 Å². The number of rotatable bonds is 14. The molecule has 0 fully saturated rings. The van der Waals surface area contributed by atoms with E-state index < -0.39 is 18.7 Å². The second-order valence-corrected chi connectivity index (χ2v) is 8.83. The van der Waals surface area contributed by atoms with Crippen molar-refractivity contribution in [3.05, 3.63) is 58.0 Å². The van der Waals surface area contributed by atoms with Crippen LogP contribution in [0.25, 0.3) is 0 Å². The number of alkyl halides is 3. The highest BCUT2D eigenvalue weighted by molar-refractivity contribution is 6.00. The molecular weight excluding hydrogens is 493 g/mol. The van der Waals surface area contributed by atoms with Gasteiger partial charge in [-0.25, -0.2) is 0 Å². The highest BCUT2D eigenvalue weighted by atomic mass is 19.4. The second kappa shape index (κ2) is 12.6. The molecule has 202 valence electrons. The highest BCUT2D eigenvalue weighted by Crippen LogP contribution is 2.34. The van der Waals surface area contributed by atoms with Gasteiger partial charge >= 0.3 is 6.18 Å². The van der Waals surface area contributed by atoms with E-state index in [0.717, 1.165) is 29.8 Å². The molecule has 12 heteroatoms. The number of nitroso groups, excluding NO2 is 1. The Balaban J connectivity index is 1.63. The zero-order chi connectivity index (χ0) is 27.0. The maximum Gasteiger partial charge on any atom is 0.422 e. The van der Waals surface area contributed by atoms with Crippen LogP contribution in [0.2, 0.25) is 0 Å². The molecule has 0 aromatic heterocycles. The first-order valence-electron chi connectivity index (χ1n) is 12.0. The first-order chi connectivity index (χ1) is 17.6. The summed E-state index contributed by atoms with van der Waals surface area (Å²) in [4.78, 5) is 25.8. The van der Waals surface area contributed by atoms with Crippen molar-refractivity contribution in [2.75, 3.05) is 44.4 Å². The Morgan fingerprint density at radius 1 is 1.24 bits per heavy atom. The van der Waals surface area contributed by atoms with Crippen molar-refractivity contribution in [2.45, 2.75) is 38.4 Å². The molecular formula is C25H31F3N4O5. The number of anilines is 1. The van der Waals surface area contributed by atoms with Crippen LogP contribution in [0.1, 0.15) is 34.8 Å². The lowest BCUT2D eigenvalue weighted by molar-refractivity contribution is -0.153. The third-order valence-electron chi connectivity index (χ3n) is 6.03. The molecule has 0 saturated heterocycles. The quantitative estimate of drug-likeness (QED) is 0.287. The lowest BCUT2D eigenvalue weighted by Gasteiger charge is -2.25. The summed E-state index contributed by atoms with van der Waals surface area (Å²) >= 11 is 0. The number of benzene rings is 2. The summed E-state index contributed by atoms with van der Waals surface area (Å²) in [6, 6.07) is 9.34. The normalized spacial score (nSPS) is 13.7. The van der Waals surface area contributed by atoms with Crippen LogP contribution >= 0.6 is 0 Å². The van der Waals surface area contributed by atoms with E-state index in [1.54, 1.807) is 19.1 Å². The van der Waals surface area contributed by atoms with Gasteiger partial charge in [0.2, 0.25) is 0 Å². The monoisotopic (exact) mass is 524 g/mol. The standard InChI is InChI=1S/C25H31F3N4O5/c1-17(13-18-14-19-7-9-31(8-4-11-33)23(19)20(15-18)24(29)34)32(30-35)10-12-36-21-5-2-3-6-22(21)37-16-25(26,27)28/h2-3,5-6,14-15,17,33H,4,7-13,16H2,1H3,(H2,29,34)/t17-/m1/s1. The topological polar surface area (TPSA) is 118 Å². The van der Waals surface area contributed by atoms with E-state index in [-0.39, 0.29) is 37.3 Å². The molecule has 0 spiro atoms. The summed E-state index contributed by atoms with van der Waals surface area (Å²) in [6.45, 7) is 1.82. The van der Waals surface area contributed by atoms with Crippen LogP contribution in [-0.2, 0) is 12.8 Å². The van der Waals surface area contributed by atoms with Crippen molar-refractivity contribution in [1.82, 2.24) is 5.01 Å². The van der Waals surface area contributed by atoms with Gasteiger partial charge in [-0.15, -0.1) is 4.91 Å². The van der Waals surface area contributed by atoms with E-state index in [0.29, 0.717) is 24.9 Å². The summed E-state index contributed by atoms with van der Waals surface area (Å²) in [5.41, 5.74) is 8.67. The van der Waals surface area contributed by atoms with Crippen LogP contribution in [0.4, 0.5) is 18.9 Å². The van der Waals surface area contributed by atoms with Crippen LogP contribution < -0.4 is 20.1 Å². The van der Waals surface area contributed by atoms with Gasteiger partial charge in [-0.05, 0) is 55.5 Å². The van der Waals surface area contributed by atoms with Crippen molar-refractivity contribution in [3.63, 3.8) is 0 Å². The third-order valence-corrected chi connectivity index (χ3v) is 6.03. The second-order valence-electron chi connectivity index (χ2n) is 8.83. The van der Waals surface area contributed by atoms with Gasteiger partial charge in [-0.2, -0.15) is 13.2 Å². The first kappa shape index (κ1) is 28.0. The van der Waals surface area contributed by atoms with Gasteiger partial charge < -0.3 is 25.2 Å². The molecule has 0 aliphatic carbocycles. The summed E-state index contributed by atoms with van der Waals surface area (Å²) in [6.07, 6.45) is -2.76. The lowest BCUT2D eigenvalue weighted by atomic mass is 9.98. The fraction of sp³-hybridized carbons (Fsp3) is 0.480. The number of amides is 1. The number of primary amides is 1. The predicted octanol–water partition coefficient (Wildman–Crippen LogP) is 3.46. The molecule has 0 saturated carbocycles. The van der Waals surface area contributed by atoms with E-state index in [2.05, 4.69) is 5.29 Å². The average Bonchev–Trinajstić information content (AvgIpc) is 3.26. The third kappa shape index (κ3) is 7.72. The minimum Gasteiger partial charge on any atom is -0.488 e. The molecule has 3 N–H and O–H groups in total. The van der Waals surface area contributed by atoms with Gasteiger partial charge in [-0.3, -0.25) is 9.80 Å². The van der Waals surface area contributed by atoms with Crippen LogP contribution in [0.3, 0.4) is 0 Å². The van der Waals surface area contributed by atoms with Crippen molar-refractivity contribution in [2.24, 2.45) is 11.0 Å². The van der Waals surface area contributed by atoms with E-state index in [9.17, 15) is 22.9 Å². The molecule has 1 heterocycles. The Hall–Kier alpha value is -3.54. The van der Waals surface area contributed by atoms with Gasteiger partial charge in [0.25, 0.3) is 5.91 Å². The van der Waals surface area contributed by atoms with Crippen molar-refractivity contribution >= 4 is 11.6 Å². The van der Waals surface area contributed by atoms with E-state index in [4.69, 9.17) is 20.3 Å². The number of nitrogens with two attached hydrogens (primary N) is 1. The van der Waals surface area contributed by atoms with Crippen LogP contribution in [-0.4, -0.2) is 67.7 Å². The van der Waals surface area contributed by atoms with Crippen molar-refractivity contribution in [1.29, 1.82) is 0 Å². The number of halogens is 3. The molecule has 2 aromatic carbocycles. The van der Waals surface area contributed by atoms with E-state index in [1.165, 1.54) is 23.2 Å². The Kier molecular flexibility index (Phi) is 9.56. The maximum absolute atomic E-state index is 12.5. The molecule has 0 unspecified atom stereocenters. The average molecular weight is 525 g/mol. The fourth-order valence-electron chi connectivity index (χ4n) is 4.37. The molecule has 37 heavy (non-hydrogen) atoms. The maximum atomic E-state index is 12.5. The molecule has 1 aliphatic heterocycles. The minimum atomic E-state index is -4.48. The van der Waals surface area contributed by atoms with Gasteiger partial charge in [0.15, 0.2) is 18.1 Å². The zero-order valence-electron chi connectivity index (χ0n) is 20.5. The Morgan fingerprint density at radius 2 is 1.95 bits per heavy atom. The van der Waals surface area contributed by atoms with Crippen molar-refractivity contribution < 1.29 is 32.5 Å².